The molecule has 11 heteroatoms. The summed E-state index contributed by atoms with van der Waals surface area (Å²) in [5, 5.41) is 20.3. The number of nitrogens with zero attached hydrogens (tertiary/aromatic N) is 2. The molecule has 5 atom stereocenters. The van der Waals surface area contributed by atoms with Crippen LogP contribution in [0.1, 0.15) is 47.2 Å². The Balaban J connectivity index is 1.65. The van der Waals surface area contributed by atoms with E-state index < -0.39 is 46.9 Å². The number of amides is 1. The first-order valence-corrected chi connectivity index (χ1v) is 14.5. The Bertz CT molecular complexity index is 1370. The summed E-state index contributed by atoms with van der Waals surface area (Å²) in [5.74, 6) is -3.25. The molecule has 0 bridgehead atoms. The smallest absolute Gasteiger partial charge is 0.233 e. The molecular weight excluding hydrogens is 540 g/mol. The molecule has 4 aliphatic rings. The lowest BCUT2D eigenvalue weighted by atomic mass is 9.56. The normalized spacial score (nSPS) is 29.3. The molecule has 4 aliphatic carbocycles. The second-order valence-corrected chi connectivity index (χ2v) is 12.5. The Kier molecular flexibility index (Phi) is 7.97. The first kappa shape index (κ1) is 30.2. The van der Waals surface area contributed by atoms with Gasteiger partial charge in [-0.2, -0.15) is 0 Å². The van der Waals surface area contributed by atoms with Gasteiger partial charge in [0.2, 0.25) is 5.91 Å². The molecule has 5 rings (SSSR count). The zero-order valence-electron chi connectivity index (χ0n) is 25.3. The highest BCUT2D eigenvalue weighted by Gasteiger charge is 2.66. The van der Waals surface area contributed by atoms with Gasteiger partial charge >= 0.3 is 0 Å². The number of Topliss-reactive ketones (excluding diaryl/α,β-unsaturated/α-hetero) is 2. The van der Waals surface area contributed by atoms with Crippen LogP contribution in [0, 0.1) is 29.1 Å². The van der Waals surface area contributed by atoms with Crippen LogP contribution in [0.15, 0.2) is 17.4 Å². The molecule has 1 aromatic rings. The molecule has 228 valence electrons. The van der Waals surface area contributed by atoms with E-state index in [1.54, 1.807) is 32.2 Å². The van der Waals surface area contributed by atoms with Crippen molar-refractivity contribution in [1.82, 2.24) is 9.80 Å². The van der Waals surface area contributed by atoms with Gasteiger partial charge in [-0.3, -0.25) is 19.3 Å². The molecule has 11 nitrogen and oxygen atoms in total. The maximum absolute atomic E-state index is 14.3. The van der Waals surface area contributed by atoms with Crippen molar-refractivity contribution in [1.29, 1.82) is 5.41 Å². The fourth-order valence-corrected chi connectivity index (χ4v) is 7.97. The number of ketones is 2. The lowest BCUT2D eigenvalue weighted by Crippen LogP contribution is -2.70. The number of hydrogen-bond acceptors (Lipinski definition) is 10. The molecule has 0 spiro atoms. The van der Waals surface area contributed by atoms with Crippen LogP contribution < -0.4 is 10.5 Å². The van der Waals surface area contributed by atoms with Crippen molar-refractivity contribution in [2.45, 2.75) is 50.3 Å². The number of primary amides is 1. The first-order chi connectivity index (χ1) is 19.9. The van der Waals surface area contributed by atoms with Crippen LogP contribution in [0.2, 0.25) is 0 Å². The average molecular weight is 583 g/mol. The van der Waals surface area contributed by atoms with Gasteiger partial charge in [0.15, 0.2) is 17.2 Å². The van der Waals surface area contributed by atoms with Gasteiger partial charge in [-0.05, 0) is 64.7 Å². The summed E-state index contributed by atoms with van der Waals surface area (Å²) < 4.78 is 17.8. The first-order valence-electron chi connectivity index (χ1n) is 14.5. The molecule has 0 aliphatic heterocycles. The maximum atomic E-state index is 14.3. The van der Waals surface area contributed by atoms with Gasteiger partial charge in [-0.15, -0.1) is 0 Å². The van der Waals surface area contributed by atoms with Crippen molar-refractivity contribution in [2.75, 3.05) is 49.0 Å². The minimum atomic E-state index is -1.67. The molecule has 1 amide bonds. The summed E-state index contributed by atoms with van der Waals surface area (Å²) in [4.78, 5) is 44.4. The third-order valence-corrected chi connectivity index (χ3v) is 9.86. The van der Waals surface area contributed by atoms with Crippen molar-refractivity contribution in [3.05, 3.63) is 34.1 Å². The molecule has 0 heterocycles. The summed E-state index contributed by atoms with van der Waals surface area (Å²) in [5.41, 5.74) is 5.48. The number of rotatable bonds is 9. The average Bonchev–Trinajstić information content (AvgIpc) is 2.89. The van der Waals surface area contributed by atoms with Crippen molar-refractivity contribution >= 4 is 23.2 Å². The number of carbonyl (C=O) groups excluding carboxylic acids is 3. The lowest BCUT2D eigenvalue weighted by Gasteiger charge is -2.54. The number of phenolic OH excluding ortho intramolecular Hbond substituents is 1. The topological polar surface area (TPSA) is 155 Å². The van der Waals surface area contributed by atoms with Gasteiger partial charge in [0.25, 0.3) is 0 Å². The van der Waals surface area contributed by atoms with Crippen LogP contribution in [0.25, 0.3) is 0 Å². The monoisotopic (exact) mass is 582 g/mol. The van der Waals surface area contributed by atoms with Gasteiger partial charge in [-0.25, -0.2) is 0 Å². The Labute approximate surface area is 246 Å². The molecule has 2 fully saturated rings. The molecule has 0 radical (unpaired) electrons. The van der Waals surface area contributed by atoms with E-state index in [-0.39, 0.29) is 28.4 Å². The number of nitrogens with one attached hydrogen (secondary N) is 1. The number of fused-ring (bicyclic) bond motifs is 3. The van der Waals surface area contributed by atoms with Gasteiger partial charge < -0.3 is 35.4 Å². The predicted octanol–water partition coefficient (Wildman–Crippen LogP) is 1.93. The number of methoxy groups -OCH3 is 3. The van der Waals surface area contributed by atoms with E-state index in [0.29, 0.717) is 36.6 Å². The van der Waals surface area contributed by atoms with Gasteiger partial charge in [0.05, 0.1) is 31.5 Å². The number of carbonyl (C=O) groups is 3. The highest BCUT2D eigenvalue weighted by Crippen LogP contribution is 2.55. The number of hydrogen-bond donors (Lipinski definition) is 3. The number of benzene rings is 1. The lowest BCUT2D eigenvalue weighted by molar-refractivity contribution is -0.143. The summed E-state index contributed by atoms with van der Waals surface area (Å²) in [6.07, 6.45) is 4.37. The summed E-state index contributed by atoms with van der Waals surface area (Å²) in [6, 6.07) is 0.784. The minimum Gasteiger partial charge on any atom is -0.507 e. The Morgan fingerprint density at radius 1 is 1.17 bits per heavy atom. The van der Waals surface area contributed by atoms with E-state index in [1.807, 2.05) is 7.05 Å². The van der Waals surface area contributed by atoms with Crippen LogP contribution >= 0.6 is 0 Å². The quantitative estimate of drug-likeness (QED) is 0.370. The molecule has 0 aromatic heterocycles. The molecule has 2 saturated carbocycles. The number of ether oxygens (including phenoxy) is 3. The third-order valence-electron chi connectivity index (χ3n) is 9.86. The van der Waals surface area contributed by atoms with E-state index in [0.717, 1.165) is 12.1 Å². The van der Waals surface area contributed by atoms with E-state index in [2.05, 4.69) is 4.90 Å². The van der Waals surface area contributed by atoms with Crippen molar-refractivity contribution < 1.29 is 33.7 Å². The number of aromatic hydroxyl groups is 1. The van der Waals surface area contributed by atoms with Crippen LogP contribution in [-0.2, 0) is 32.0 Å². The largest absolute Gasteiger partial charge is 0.507 e. The van der Waals surface area contributed by atoms with E-state index in [1.165, 1.54) is 33.5 Å². The van der Waals surface area contributed by atoms with Crippen LogP contribution in [-0.4, -0.2) is 98.8 Å². The van der Waals surface area contributed by atoms with Crippen molar-refractivity contribution in [3.8, 4) is 11.5 Å². The van der Waals surface area contributed by atoms with E-state index in [4.69, 9.17) is 25.4 Å². The van der Waals surface area contributed by atoms with Crippen LogP contribution in [0.4, 0.5) is 0 Å². The molecule has 1 aromatic carbocycles. The standard InChI is InChI=1S/C31H42N4O7/c1-34(2)24-19-11-16-10-18-22(20(36)12-17(27(18)40-4)14-35(3)13-15-8-7-9-15)25(37)21(16)29(41-5)31(19,42-6)28(32)23(26(24)38)30(33)39/h12,15-16,19,23-24,32,36H,7-11,13-14H2,1-6H3,(H2,33,39). The highest BCUT2D eigenvalue weighted by molar-refractivity contribution is 6.26. The second-order valence-electron chi connectivity index (χ2n) is 12.5. The molecule has 4 N–H and O–H groups in total. The number of likely N-dealkylation sites (N-methyl/N-ethyl adjacent to an activating group) is 1. The minimum absolute atomic E-state index is 0.0835. The fraction of sp³-hybridized carbons (Fsp3) is 0.613. The zero-order chi connectivity index (χ0) is 30.7. The van der Waals surface area contributed by atoms with Gasteiger partial charge in [0, 0.05) is 42.8 Å². The summed E-state index contributed by atoms with van der Waals surface area (Å²) in [6.45, 7) is 1.51. The van der Waals surface area contributed by atoms with Crippen LogP contribution in [0.5, 0.6) is 11.5 Å². The van der Waals surface area contributed by atoms with Gasteiger partial charge in [0.1, 0.15) is 23.2 Å². The highest BCUT2D eigenvalue weighted by atomic mass is 16.5. The summed E-state index contributed by atoms with van der Waals surface area (Å²) >= 11 is 0. The van der Waals surface area contributed by atoms with Crippen LogP contribution in [0.3, 0.4) is 0 Å². The number of nitrogens with two attached hydrogens (primary N) is 1. The predicted molar refractivity (Wildman–Crippen MR) is 155 cm³/mol. The Morgan fingerprint density at radius 2 is 1.86 bits per heavy atom. The van der Waals surface area contributed by atoms with E-state index in [9.17, 15) is 19.5 Å². The fourth-order valence-electron chi connectivity index (χ4n) is 7.97. The second kappa shape index (κ2) is 11.1. The molecular formula is C31H42N4O7. The SMILES string of the molecule is COC1=C2C(=O)c3c(O)cc(CN(C)CC4CCC4)c(OC)c3CC2CC2C(N(C)C)C(=O)C(C(N)=O)C(=N)C12OC. The van der Waals surface area contributed by atoms with Gasteiger partial charge in [-0.1, -0.05) is 6.42 Å². The third kappa shape index (κ3) is 4.36. The molecule has 5 unspecified atom stereocenters. The maximum Gasteiger partial charge on any atom is 0.233 e. The summed E-state index contributed by atoms with van der Waals surface area (Å²) in [7, 11) is 9.86. The zero-order valence-corrected chi connectivity index (χ0v) is 25.3. The number of phenols is 1. The van der Waals surface area contributed by atoms with E-state index >= 15 is 0 Å². The Morgan fingerprint density at radius 3 is 2.38 bits per heavy atom. The molecule has 0 saturated heterocycles. The Hall–Kier alpha value is -3.28. The molecule has 42 heavy (non-hydrogen) atoms. The van der Waals surface area contributed by atoms with Crippen molar-refractivity contribution in [2.24, 2.45) is 29.4 Å². The van der Waals surface area contributed by atoms with Crippen molar-refractivity contribution in [3.63, 3.8) is 0 Å². The number of allylic oxidation sites excluding steroid dienone is 1.